The van der Waals surface area contributed by atoms with Crippen LogP contribution in [0.25, 0.3) is 0 Å². The van der Waals surface area contributed by atoms with E-state index < -0.39 is 15.8 Å². The second-order valence-corrected chi connectivity index (χ2v) is 9.03. The molecule has 0 saturated carbocycles. The minimum atomic E-state index is -3.68. The van der Waals surface area contributed by atoms with Crippen LogP contribution in [-0.4, -0.2) is 40.5 Å². The molecule has 10 heteroatoms. The summed E-state index contributed by atoms with van der Waals surface area (Å²) < 4.78 is 44.7. The molecule has 0 unspecified atom stereocenters. The van der Waals surface area contributed by atoms with Gasteiger partial charge in [-0.15, -0.1) is 0 Å². The molecule has 0 bridgehead atoms. The van der Waals surface area contributed by atoms with Crippen molar-refractivity contribution in [3.8, 4) is 0 Å². The number of hydrogen-bond donors (Lipinski definition) is 3. The smallest absolute Gasteiger partial charge is 0.255 e. The van der Waals surface area contributed by atoms with E-state index in [4.69, 9.17) is 4.74 Å². The van der Waals surface area contributed by atoms with Gasteiger partial charge in [0.05, 0.1) is 11.5 Å². The lowest BCUT2D eigenvalue weighted by atomic mass is 10.1. The molecule has 3 aromatic rings. The summed E-state index contributed by atoms with van der Waals surface area (Å²) in [5, 5.41) is 5.49. The van der Waals surface area contributed by atoms with Crippen LogP contribution in [0, 0.1) is 5.82 Å². The van der Waals surface area contributed by atoms with Gasteiger partial charge in [-0.2, -0.15) is 0 Å². The van der Waals surface area contributed by atoms with Gasteiger partial charge < -0.3 is 15.4 Å². The Balaban J connectivity index is 1.57. The van der Waals surface area contributed by atoms with Crippen molar-refractivity contribution in [2.24, 2.45) is 0 Å². The maximum Gasteiger partial charge on any atom is 0.255 e. The van der Waals surface area contributed by atoms with E-state index >= 15 is 0 Å². The monoisotopic (exact) mass is 485 g/mol. The minimum absolute atomic E-state index is 0.0461. The summed E-state index contributed by atoms with van der Waals surface area (Å²) in [6, 6.07) is 17.7. The van der Waals surface area contributed by atoms with Crippen LogP contribution in [0.15, 0.2) is 77.7 Å². The van der Waals surface area contributed by atoms with E-state index in [9.17, 15) is 22.4 Å². The van der Waals surface area contributed by atoms with Gasteiger partial charge in [0.25, 0.3) is 11.8 Å². The van der Waals surface area contributed by atoms with Gasteiger partial charge in [0.2, 0.25) is 10.0 Å². The third kappa shape index (κ3) is 6.95. The summed E-state index contributed by atoms with van der Waals surface area (Å²) >= 11 is 0. The molecule has 0 saturated heterocycles. The van der Waals surface area contributed by atoms with Crippen LogP contribution >= 0.6 is 0 Å². The number of sulfonamides is 1. The van der Waals surface area contributed by atoms with Crippen LogP contribution in [0.4, 0.5) is 10.1 Å². The van der Waals surface area contributed by atoms with Crippen molar-refractivity contribution in [1.82, 2.24) is 10.0 Å². The Bertz CT molecular complexity index is 1250. The molecule has 0 spiro atoms. The number of nitrogens with one attached hydrogen (secondary N) is 3. The zero-order valence-corrected chi connectivity index (χ0v) is 19.2. The molecule has 3 rings (SSSR count). The average Bonchev–Trinajstić information content (AvgIpc) is 2.83. The highest BCUT2D eigenvalue weighted by Gasteiger charge is 2.14. The van der Waals surface area contributed by atoms with Gasteiger partial charge in [-0.1, -0.05) is 12.1 Å². The lowest BCUT2D eigenvalue weighted by Crippen LogP contribution is -2.27. The van der Waals surface area contributed by atoms with Crippen LogP contribution in [-0.2, 0) is 21.3 Å². The van der Waals surface area contributed by atoms with Gasteiger partial charge in [0.15, 0.2) is 0 Å². The summed E-state index contributed by atoms with van der Waals surface area (Å²) in [6.07, 6.45) is 0. The van der Waals surface area contributed by atoms with Gasteiger partial charge >= 0.3 is 0 Å². The van der Waals surface area contributed by atoms with E-state index in [0.29, 0.717) is 16.8 Å². The van der Waals surface area contributed by atoms with E-state index in [2.05, 4.69) is 15.4 Å². The number of halogens is 1. The lowest BCUT2D eigenvalue weighted by Gasteiger charge is -2.10. The van der Waals surface area contributed by atoms with Gasteiger partial charge in [0, 0.05) is 37.0 Å². The Kier molecular flexibility index (Phi) is 8.47. The fourth-order valence-corrected chi connectivity index (χ4v) is 4.01. The molecule has 0 aliphatic carbocycles. The normalized spacial score (nSPS) is 11.1. The number of amides is 2. The van der Waals surface area contributed by atoms with Crippen molar-refractivity contribution in [2.45, 2.75) is 11.4 Å². The highest BCUT2D eigenvalue weighted by molar-refractivity contribution is 7.89. The summed E-state index contributed by atoms with van der Waals surface area (Å²) in [7, 11) is -2.21. The van der Waals surface area contributed by atoms with Gasteiger partial charge in [0.1, 0.15) is 5.82 Å². The highest BCUT2D eigenvalue weighted by Crippen LogP contribution is 2.14. The second kappa shape index (κ2) is 11.5. The standard InChI is InChI=1S/C24H24FN3O5S/c1-33-14-13-27-34(31,32)22-11-7-18(8-12-22)23(29)26-16-17-3-2-4-21(15-17)28-24(30)19-5-9-20(25)10-6-19/h2-12,15,27H,13-14,16H2,1H3,(H,26,29)(H,28,30). The SMILES string of the molecule is COCCNS(=O)(=O)c1ccc(C(=O)NCc2cccc(NC(=O)c3ccc(F)cc3)c2)cc1. The molecule has 0 aliphatic rings. The third-order valence-corrected chi connectivity index (χ3v) is 6.25. The lowest BCUT2D eigenvalue weighted by molar-refractivity contribution is 0.0949. The average molecular weight is 486 g/mol. The molecule has 0 fully saturated rings. The first-order valence-electron chi connectivity index (χ1n) is 10.3. The number of benzene rings is 3. The largest absolute Gasteiger partial charge is 0.383 e. The third-order valence-electron chi connectivity index (χ3n) is 4.77. The predicted molar refractivity (Wildman–Crippen MR) is 125 cm³/mol. The first-order chi connectivity index (χ1) is 16.3. The summed E-state index contributed by atoms with van der Waals surface area (Å²) in [4.78, 5) is 24.8. The maximum atomic E-state index is 13.0. The molecular formula is C24H24FN3O5S. The molecular weight excluding hydrogens is 461 g/mol. The minimum Gasteiger partial charge on any atom is -0.383 e. The number of anilines is 1. The van der Waals surface area contributed by atoms with Crippen LogP contribution in [0.1, 0.15) is 26.3 Å². The zero-order chi connectivity index (χ0) is 24.6. The van der Waals surface area contributed by atoms with Crippen LogP contribution in [0.2, 0.25) is 0 Å². The van der Waals surface area contributed by atoms with Crippen LogP contribution < -0.4 is 15.4 Å². The fourth-order valence-electron chi connectivity index (χ4n) is 2.99. The molecule has 2 amide bonds. The zero-order valence-electron chi connectivity index (χ0n) is 18.4. The molecule has 34 heavy (non-hydrogen) atoms. The van der Waals surface area contributed by atoms with E-state index in [1.807, 2.05) is 0 Å². The number of carbonyl (C=O) groups is 2. The molecule has 0 aliphatic heterocycles. The topological polar surface area (TPSA) is 114 Å². The Morgan fingerprint density at radius 1 is 0.912 bits per heavy atom. The van der Waals surface area contributed by atoms with Gasteiger partial charge in [-0.25, -0.2) is 17.5 Å². The van der Waals surface area contributed by atoms with E-state index in [1.54, 1.807) is 24.3 Å². The molecule has 0 aromatic heterocycles. The molecule has 0 atom stereocenters. The number of hydrogen-bond acceptors (Lipinski definition) is 5. The Labute approximate surface area is 197 Å². The Morgan fingerprint density at radius 2 is 1.56 bits per heavy atom. The van der Waals surface area contributed by atoms with Crippen molar-refractivity contribution in [2.75, 3.05) is 25.6 Å². The molecule has 0 heterocycles. The predicted octanol–water partition coefficient (Wildman–Crippen LogP) is 2.93. The van der Waals surface area contributed by atoms with Crippen molar-refractivity contribution < 1.29 is 27.1 Å². The van der Waals surface area contributed by atoms with Crippen LogP contribution in [0.3, 0.4) is 0 Å². The van der Waals surface area contributed by atoms with E-state index in [-0.39, 0.29) is 36.4 Å². The van der Waals surface area contributed by atoms with Crippen molar-refractivity contribution in [1.29, 1.82) is 0 Å². The first-order valence-corrected chi connectivity index (χ1v) is 11.8. The number of rotatable bonds is 10. The first kappa shape index (κ1) is 25.0. The van der Waals surface area contributed by atoms with Crippen molar-refractivity contribution in [3.05, 3.63) is 95.3 Å². The van der Waals surface area contributed by atoms with Gasteiger partial charge in [-0.05, 0) is 66.2 Å². The number of carbonyl (C=O) groups excluding carboxylic acids is 2. The van der Waals surface area contributed by atoms with E-state index in [0.717, 1.165) is 5.56 Å². The van der Waals surface area contributed by atoms with Crippen molar-refractivity contribution in [3.63, 3.8) is 0 Å². The fraction of sp³-hybridized carbons (Fsp3) is 0.167. The highest BCUT2D eigenvalue weighted by atomic mass is 32.2. The Hall–Kier alpha value is -3.60. The van der Waals surface area contributed by atoms with Crippen LogP contribution in [0.5, 0.6) is 0 Å². The molecule has 8 nitrogen and oxygen atoms in total. The summed E-state index contributed by atoms with van der Waals surface area (Å²) in [5.74, 6) is -1.19. The molecule has 0 radical (unpaired) electrons. The number of ether oxygens (including phenoxy) is 1. The van der Waals surface area contributed by atoms with Crippen molar-refractivity contribution >= 4 is 27.5 Å². The van der Waals surface area contributed by atoms with Gasteiger partial charge in [-0.3, -0.25) is 9.59 Å². The summed E-state index contributed by atoms with van der Waals surface area (Å²) in [6.45, 7) is 0.582. The molecule has 3 aromatic carbocycles. The summed E-state index contributed by atoms with van der Waals surface area (Å²) in [5.41, 5.74) is 1.89. The quantitative estimate of drug-likeness (QED) is 0.382. The molecule has 178 valence electrons. The maximum absolute atomic E-state index is 13.0. The second-order valence-electron chi connectivity index (χ2n) is 7.26. The van der Waals surface area contributed by atoms with E-state index in [1.165, 1.54) is 55.6 Å². The molecule has 3 N–H and O–H groups in total. The Morgan fingerprint density at radius 3 is 2.24 bits per heavy atom. The number of methoxy groups -OCH3 is 1.